The molecule has 0 spiro atoms. The molecule has 0 unspecified atom stereocenters. The van der Waals surface area contributed by atoms with Crippen molar-refractivity contribution in [2.75, 3.05) is 25.1 Å². The summed E-state index contributed by atoms with van der Waals surface area (Å²) in [5.41, 5.74) is 1.66. The van der Waals surface area contributed by atoms with E-state index in [1.54, 1.807) is 12.3 Å². The Balaban J connectivity index is 1.37. The van der Waals surface area contributed by atoms with E-state index in [0.29, 0.717) is 28.7 Å². The zero-order valence-corrected chi connectivity index (χ0v) is 31.4. The van der Waals surface area contributed by atoms with E-state index in [1.165, 1.54) is 72.0 Å². The number of thiazole rings is 1. The molecule has 0 aliphatic carbocycles. The second-order valence-electron chi connectivity index (χ2n) is 11.8. The fourth-order valence-corrected chi connectivity index (χ4v) is 5.85. The van der Waals surface area contributed by atoms with Crippen LogP contribution in [0.25, 0.3) is 10.2 Å². The maximum Gasteiger partial charge on any atom is 0.343 e. The molecule has 5 aromatic rings. The minimum atomic E-state index is -0.668. The number of rotatable bonds is 20. The Morgan fingerprint density at radius 1 is 0.732 bits per heavy atom. The third kappa shape index (κ3) is 11.9. The number of nitrogens with zero attached hydrogens (tertiary/aromatic N) is 3. The standard InChI is InChI=1S/C42H39N3O10S/c1-4-7-8-11-24-45(42-44-35-12-9-10-13-37(35)56-42)43-26-31-25-34(54-40(48)29-14-18-32(19-15-29)50-27-52-38(46)5-2)22-23-36(31)55-41(49)30-16-20-33(21-17-30)51-28-53-39(47)6-3/h5-6,9-10,12-23,25-26H,2-4,7-8,11,24,27-28H2,1H3/b43-26+. The first kappa shape index (κ1) is 40.4. The monoisotopic (exact) mass is 777 g/mol. The van der Waals surface area contributed by atoms with E-state index >= 15 is 0 Å². The molecule has 0 N–H and O–H groups in total. The minimum Gasteiger partial charge on any atom is -0.457 e. The van der Waals surface area contributed by atoms with Crippen molar-refractivity contribution in [2.45, 2.75) is 32.6 Å². The van der Waals surface area contributed by atoms with E-state index in [2.05, 4.69) is 20.1 Å². The quantitative estimate of drug-likeness (QED) is 0.0142. The average Bonchev–Trinajstić information content (AvgIpc) is 3.66. The zero-order valence-electron chi connectivity index (χ0n) is 30.6. The first-order chi connectivity index (χ1) is 27.3. The van der Waals surface area contributed by atoms with Crippen LogP contribution in [0.1, 0.15) is 58.9 Å². The van der Waals surface area contributed by atoms with Gasteiger partial charge in [-0.05, 0) is 85.3 Å². The Hall–Kier alpha value is -6.80. The molecule has 5 rings (SSSR count). The summed E-state index contributed by atoms with van der Waals surface area (Å²) in [5.74, 6) is -1.53. The van der Waals surface area contributed by atoms with Gasteiger partial charge < -0.3 is 28.4 Å². The van der Waals surface area contributed by atoms with Crippen LogP contribution in [0.3, 0.4) is 0 Å². The highest BCUT2D eigenvalue weighted by atomic mass is 32.1. The molecule has 0 saturated heterocycles. The first-order valence-electron chi connectivity index (χ1n) is 17.6. The van der Waals surface area contributed by atoms with Crippen molar-refractivity contribution >= 4 is 56.8 Å². The number of fused-ring (bicyclic) bond motifs is 1. The number of esters is 4. The fraction of sp³-hybridized carbons (Fsp3) is 0.190. The van der Waals surface area contributed by atoms with Crippen LogP contribution < -0.4 is 24.0 Å². The maximum atomic E-state index is 13.3. The van der Waals surface area contributed by atoms with Gasteiger partial charge in [-0.25, -0.2) is 29.2 Å². The lowest BCUT2D eigenvalue weighted by Crippen LogP contribution is -2.18. The molecule has 4 aromatic carbocycles. The molecule has 0 radical (unpaired) electrons. The normalized spacial score (nSPS) is 10.7. The number of ether oxygens (including phenoxy) is 6. The van der Waals surface area contributed by atoms with Crippen LogP contribution in [0.4, 0.5) is 5.13 Å². The molecule has 0 aliphatic heterocycles. The summed E-state index contributed by atoms with van der Waals surface area (Å²) in [6, 6.07) is 24.6. The highest BCUT2D eigenvalue weighted by molar-refractivity contribution is 7.22. The number of unbranched alkanes of at least 4 members (excludes halogenated alkanes) is 3. The van der Waals surface area contributed by atoms with Crippen molar-refractivity contribution in [1.29, 1.82) is 0 Å². The van der Waals surface area contributed by atoms with Crippen LogP contribution >= 0.6 is 11.3 Å². The van der Waals surface area contributed by atoms with Gasteiger partial charge in [0, 0.05) is 24.3 Å². The number of aromatic nitrogens is 1. The molecule has 0 fully saturated rings. The molecule has 0 aliphatic rings. The summed E-state index contributed by atoms with van der Waals surface area (Å²) in [7, 11) is 0. The summed E-state index contributed by atoms with van der Waals surface area (Å²) in [5, 5.41) is 7.32. The lowest BCUT2D eigenvalue weighted by atomic mass is 10.2. The predicted molar refractivity (Wildman–Crippen MR) is 212 cm³/mol. The number of carbonyl (C=O) groups excluding carboxylic acids is 4. The number of anilines is 1. The van der Waals surface area contributed by atoms with Gasteiger partial charge in [0.15, 0.2) is 0 Å². The summed E-state index contributed by atoms with van der Waals surface area (Å²) in [6.45, 7) is 8.75. The number of hydrogen-bond acceptors (Lipinski definition) is 14. The van der Waals surface area contributed by atoms with Crippen LogP contribution in [0, 0.1) is 0 Å². The molecule has 0 bridgehead atoms. The van der Waals surface area contributed by atoms with Crippen molar-refractivity contribution in [2.24, 2.45) is 5.10 Å². The average molecular weight is 778 g/mol. The largest absolute Gasteiger partial charge is 0.457 e. The van der Waals surface area contributed by atoms with Crippen LogP contribution in [0.15, 0.2) is 121 Å². The number of carbonyl (C=O) groups is 4. The molecule has 1 heterocycles. The van der Waals surface area contributed by atoms with Crippen molar-refractivity contribution < 1.29 is 47.6 Å². The highest BCUT2D eigenvalue weighted by Crippen LogP contribution is 2.30. The van der Waals surface area contributed by atoms with E-state index in [9.17, 15) is 19.2 Å². The molecule has 56 heavy (non-hydrogen) atoms. The summed E-state index contributed by atoms with van der Waals surface area (Å²) in [6.07, 6.45) is 7.64. The molecular weight excluding hydrogens is 739 g/mol. The number of benzene rings is 4. The van der Waals surface area contributed by atoms with E-state index in [1.807, 2.05) is 29.3 Å². The summed E-state index contributed by atoms with van der Waals surface area (Å²) in [4.78, 5) is 53.8. The van der Waals surface area contributed by atoms with E-state index in [-0.39, 0.29) is 36.2 Å². The number of para-hydroxylation sites is 1. The van der Waals surface area contributed by atoms with Gasteiger partial charge in [-0.3, -0.25) is 0 Å². The minimum absolute atomic E-state index is 0.157. The van der Waals surface area contributed by atoms with Gasteiger partial charge in [0.1, 0.15) is 23.0 Å². The molecule has 0 saturated carbocycles. The Morgan fingerprint density at radius 2 is 1.32 bits per heavy atom. The van der Waals surface area contributed by atoms with Crippen molar-refractivity contribution in [3.63, 3.8) is 0 Å². The molecule has 14 heteroatoms. The van der Waals surface area contributed by atoms with Gasteiger partial charge in [0.2, 0.25) is 18.7 Å². The Labute approximate surface area is 327 Å². The summed E-state index contributed by atoms with van der Waals surface area (Å²) >= 11 is 1.51. The second kappa shape index (κ2) is 20.6. The van der Waals surface area contributed by atoms with E-state index in [0.717, 1.165) is 48.1 Å². The third-order valence-corrected chi connectivity index (χ3v) is 8.87. The Morgan fingerprint density at radius 3 is 1.91 bits per heavy atom. The molecule has 0 atom stereocenters. The van der Waals surface area contributed by atoms with Crippen molar-refractivity contribution in [3.05, 3.63) is 133 Å². The van der Waals surface area contributed by atoms with Crippen LogP contribution in [-0.2, 0) is 19.1 Å². The zero-order chi connectivity index (χ0) is 39.7. The SMILES string of the molecule is C=CC(=O)OCOc1ccc(C(=O)Oc2ccc(OC(=O)c3ccc(OCOC(=O)C=C)cc3)c(/C=N/N(CCCCCC)c3nc4ccccc4s3)c2)cc1. The summed E-state index contributed by atoms with van der Waals surface area (Å²) < 4.78 is 32.9. The van der Waals surface area contributed by atoms with E-state index < -0.39 is 23.9 Å². The number of hydrazone groups is 1. The highest BCUT2D eigenvalue weighted by Gasteiger charge is 2.17. The van der Waals surface area contributed by atoms with Gasteiger partial charge in [-0.1, -0.05) is 62.8 Å². The van der Waals surface area contributed by atoms with Gasteiger partial charge in [0.25, 0.3) is 0 Å². The molecule has 288 valence electrons. The third-order valence-electron chi connectivity index (χ3n) is 7.82. The predicted octanol–water partition coefficient (Wildman–Crippen LogP) is 8.29. The van der Waals surface area contributed by atoms with Gasteiger partial charge in [0.05, 0.1) is 27.6 Å². The van der Waals surface area contributed by atoms with Gasteiger partial charge >= 0.3 is 23.9 Å². The fourth-order valence-electron chi connectivity index (χ4n) is 4.91. The Bertz CT molecular complexity index is 2150. The number of hydrogen-bond donors (Lipinski definition) is 0. The van der Waals surface area contributed by atoms with Gasteiger partial charge in [-0.2, -0.15) is 5.10 Å². The Kier molecular flexibility index (Phi) is 14.9. The van der Waals surface area contributed by atoms with Crippen molar-refractivity contribution in [1.82, 2.24) is 4.98 Å². The maximum absolute atomic E-state index is 13.3. The smallest absolute Gasteiger partial charge is 0.343 e. The van der Waals surface area contributed by atoms with Crippen molar-refractivity contribution in [3.8, 4) is 23.0 Å². The van der Waals surface area contributed by atoms with E-state index in [4.69, 9.17) is 38.5 Å². The molecule has 13 nitrogen and oxygen atoms in total. The second-order valence-corrected chi connectivity index (χ2v) is 12.8. The van der Waals surface area contributed by atoms with Crippen LogP contribution in [0.5, 0.6) is 23.0 Å². The molecular formula is C42H39N3O10S. The lowest BCUT2D eigenvalue weighted by molar-refractivity contribution is -0.145. The van der Waals surface area contributed by atoms with Crippen LogP contribution in [-0.4, -0.2) is 55.2 Å². The lowest BCUT2D eigenvalue weighted by Gasteiger charge is -2.16. The molecule has 0 amide bonds. The first-order valence-corrected chi connectivity index (χ1v) is 18.4. The topological polar surface area (TPSA) is 152 Å². The van der Waals surface area contributed by atoms with Gasteiger partial charge in [-0.15, -0.1) is 0 Å². The molecule has 1 aromatic heterocycles. The van der Waals surface area contributed by atoms with Crippen LogP contribution in [0.2, 0.25) is 0 Å².